The minimum atomic E-state index is 0.490. The van der Waals surface area contributed by atoms with Crippen molar-refractivity contribution in [1.82, 2.24) is 15.5 Å². The van der Waals surface area contributed by atoms with Crippen molar-refractivity contribution in [2.75, 3.05) is 41.5 Å². The Balaban J connectivity index is 1.58. The van der Waals surface area contributed by atoms with E-state index in [4.69, 9.17) is 14.2 Å². The van der Waals surface area contributed by atoms with E-state index in [1.165, 1.54) is 18.4 Å². The Morgan fingerprint density at radius 2 is 1.74 bits per heavy atom. The highest BCUT2D eigenvalue weighted by Crippen LogP contribution is 2.33. The van der Waals surface area contributed by atoms with E-state index in [2.05, 4.69) is 50.9 Å². The van der Waals surface area contributed by atoms with Crippen LogP contribution in [0, 0.1) is 0 Å². The van der Waals surface area contributed by atoms with Crippen molar-refractivity contribution in [3.63, 3.8) is 0 Å². The van der Waals surface area contributed by atoms with Crippen molar-refractivity contribution in [1.29, 1.82) is 0 Å². The molecule has 7 heteroatoms. The molecule has 1 heterocycles. The smallest absolute Gasteiger partial charge is 0.191 e. The first-order valence-corrected chi connectivity index (χ1v) is 10.7. The molecule has 0 spiro atoms. The lowest BCUT2D eigenvalue weighted by Crippen LogP contribution is -2.44. The standard InChI is InChI=1S/C24H34N4O3/c1-25-24(27-16-21-22(30-3)13-20(29-2)14-23(21)31-4)26-15-19-11-8-12-28(19)17-18-9-6-5-7-10-18/h5-7,9-10,13-14,19H,8,11-12,15-17H2,1-4H3,(H2,25,26,27). The molecule has 1 atom stereocenters. The van der Waals surface area contributed by atoms with Crippen LogP contribution < -0.4 is 24.8 Å². The first-order chi connectivity index (χ1) is 15.2. The average Bonchev–Trinajstić information content (AvgIpc) is 3.26. The van der Waals surface area contributed by atoms with Crippen molar-refractivity contribution >= 4 is 5.96 Å². The lowest BCUT2D eigenvalue weighted by atomic mass is 10.1. The maximum Gasteiger partial charge on any atom is 0.191 e. The number of ether oxygens (including phenoxy) is 3. The second-order valence-electron chi connectivity index (χ2n) is 7.57. The van der Waals surface area contributed by atoms with Gasteiger partial charge in [-0.05, 0) is 24.9 Å². The van der Waals surface area contributed by atoms with Gasteiger partial charge < -0.3 is 24.8 Å². The van der Waals surface area contributed by atoms with E-state index in [0.717, 1.165) is 31.2 Å². The summed E-state index contributed by atoms with van der Waals surface area (Å²) in [6.07, 6.45) is 2.42. The van der Waals surface area contributed by atoms with Gasteiger partial charge in [-0.2, -0.15) is 0 Å². The summed E-state index contributed by atoms with van der Waals surface area (Å²) in [5, 5.41) is 6.87. The normalized spacial score (nSPS) is 16.8. The lowest BCUT2D eigenvalue weighted by molar-refractivity contribution is 0.245. The lowest BCUT2D eigenvalue weighted by Gasteiger charge is -2.25. The van der Waals surface area contributed by atoms with E-state index in [-0.39, 0.29) is 0 Å². The Morgan fingerprint density at radius 3 is 2.35 bits per heavy atom. The Morgan fingerprint density at radius 1 is 1.03 bits per heavy atom. The van der Waals surface area contributed by atoms with Gasteiger partial charge in [-0.1, -0.05) is 30.3 Å². The second-order valence-corrected chi connectivity index (χ2v) is 7.57. The van der Waals surface area contributed by atoms with Gasteiger partial charge in [-0.15, -0.1) is 0 Å². The molecule has 0 saturated carbocycles. The number of aliphatic imine (C=N–C) groups is 1. The van der Waals surface area contributed by atoms with Crippen LogP contribution in [0.2, 0.25) is 0 Å². The summed E-state index contributed by atoms with van der Waals surface area (Å²) in [5.74, 6) is 2.87. The molecule has 1 unspecified atom stereocenters. The molecular weight excluding hydrogens is 392 g/mol. The monoisotopic (exact) mass is 426 g/mol. The molecular formula is C24H34N4O3. The molecule has 0 bridgehead atoms. The Bertz CT molecular complexity index is 832. The van der Waals surface area contributed by atoms with E-state index in [9.17, 15) is 0 Å². The zero-order valence-corrected chi connectivity index (χ0v) is 19.0. The number of rotatable bonds is 9. The van der Waals surface area contributed by atoms with Crippen molar-refractivity contribution in [3.05, 3.63) is 53.6 Å². The van der Waals surface area contributed by atoms with Crippen molar-refractivity contribution < 1.29 is 14.2 Å². The summed E-state index contributed by atoms with van der Waals surface area (Å²) in [5.41, 5.74) is 2.27. The minimum Gasteiger partial charge on any atom is -0.496 e. The van der Waals surface area contributed by atoms with Crippen LogP contribution in [-0.2, 0) is 13.1 Å². The first kappa shape index (κ1) is 22.7. The summed E-state index contributed by atoms with van der Waals surface area (Å²) in [4.78, 5) is 6.93. The van der Waals surface area contributed by atoms with E-state index in [0.29, 0.717) is 29.8 Å². The molecule has 1 aliphatic rings. The van der Waals surface area contributed by atoms with E-state index in [1.54, 1.807) is 28.4 Å². The zero-order chi connectivity index (χ0) is 22.1. The maximum atomic E-state index is 5.54. The summed E-state index contributed by atoms with van der Waals surface area (Å²) < 4.78 is 16.4. The number of guanidine groups is 1. The third-order valence-corrected chi connectivity index (χ3v) is 5.71. The van der Waals surface area contributed by atoms with Gasteiger partial charge in [0.25, 0.3) is 0 Å². The number of hydrogen-bond donors (Lipinski definition) is 2. The minimum absolute atomic E-state index is 0.490. The van der Waals surface area contributed by atoms with Gasteiger partial charge in [-0.3, -0.25) is 9.89 Å². The van der Waals surface area contributed by atoms with Crippen LogP contribution in [0.5, 0.6) is 17.2 Å². The van der Waals surface area contributed by atoms with Gasteiger partial charge in [0.15, 0.2) is 5.96 Å². The predicted octanol–water partition coefficient (Wildman–Crippen LogP) is 3.04. The molecule has 2 aromatic carbocycles. The molecule has 1 saturated heterocycles. The van der Waals surface area contributed by atoms with Crippen LogP contribution in [-0.4, -0.2) is 58.4 Å². The molecule has 2 N–H and O–H groups in total. The third kappa shape index (κ3) is 6.04. The highest BCUT2D eigenvalue weighted by atomic mass is 16.5. The van der Waals surface area contributed by atoms with Gasteiger partial charge in [0, 0.05) is 38.3 Å². The molecule has 168 valence electrons. The van der Waals surface area contributed by atoms with Gasteiger partial charge in [0.05, 0.1) is 33.4 Å². The second kappa shape index (κ2) is 11.5. The SMILES string of the molecule is CN=C(NCc1c(OC)cc(OC)cc1OC)NCC1CCCN1Cc1ccccc1. The quantitative estimate of drug-likeness (QED) is 0.475. The highest BCUT2D eigenvalue weighted by molar-refractivity contribution is 5.79. The number of hydrogen-bond acceptors (Lipinski definition) is 5. The van der Waals surface area contributed by atoms with Crippen molar-refractivity contribution in [2.45, 2.75) is 32.0 Å². The van der Waals surface area contributed by atoms with Crippen LogP contribution in [0.4, 0.5) is 0 Å². The fourth-order valence-electron chi connectivity index (χ4n) is 4.01. The van der Waals surface area contributed by atoms with Crippen LogP contribution in [0.25, 0.3) is 0 Å². The Hall–Kier alpha value is -2.93. The van der Waals surface area contributed by atoms with Crippen LogP contribution >= 0.6 is 0 Å². The van der Waals surface area contributed by atoms with Crippen LogP contribution in [0.1, 0.15) is 24.0 Å². The van der Waals surface area contributed by atoms with Crippen molar-refractivity contribution in [2.24, 2.45) is 4.99 Å². The topological polar surface area (TPSA) is 67.4 Å². The number of likely N-dealkylation sites (tertiary alicyclic amines) is 1. The first-order valence-electron chi connectivity index (χ1n) is 10.7. The van der Waals surface area contributed by atoms with Crippen molar-refractivity contribution in [3.8, 4) is 17.2 Å². The summed E-state index contributed by atoms with van der Waals surface area (Å²) in [7, 11) is 6.70. The molecule has 3 rings (SSSR count). The van der Waals surface area contributed by atoms with Gasteiger partial charge in [0.1, 0.15) is 17.2 Å². The van der Waals surface area contributed by atoms with Gasteiger partial charge in [0.2, 0.25) is 0 Å². The number of nitrogens with one attached hydrogen (secondary N) is 2. The average molecular weight is 427 g/mol. The molecule has 31 heavy (non-hydrogen) atoms. The molecule has 0 aromatic heterocycles. The Labute approximate surface area is 185 Å². The summed E-state index contributed by atoms with van der Waals surface area (Å²) in [6.45, 7) is 3.49. The zero-order valence-electron chi connectivity index (χ0n) is 19.0. The molecule has 1 fully saturated rings. The van der Waals surface area contributed by atoms with Gasteiger partial charge >= 0.3 is 0 Å². The summed E-state index contributed by atoms with van der Waals surface area (Å²) >= 11 is 0. The molecule has 1 aliphatic heterocycles. The molecule has 0 amide bonds. The van der Waals surface area contributed by atoms with E-state index >= 15 is 0 Å². The fourth-order valence-corrected chi connectivity index (χ4v) is 4.01. The molecule has 2 aromatic rings. The molecule has 0 radical (unpaired) electrons. The fraction of sp³-hybridized carbons (Fsp3) is 0.458. The van der Waals surface area contributed by atoms with E-state index in [1.807, 2.05) is 12.1 Å². The van der Waals surface area contributed by atoms with Gasteiger partial charge in [-0.25, -0.2) is 0 Å². The largest absolute Gasteiger partial charge is 0.496 e. The number of methoxy groups -OCH3 is 3. The predicted molar refractivity (Wildman–Crippen MR) is 124 cm³/mol. The summed E-state index contributed by atoms with van der Waals surface area (Å²) in [6, 6.07) is 14.9. The number of nitrogens with zero attached hydrogens (tertiary/aromatic N) is 2. The molecule has 7 nitrogen and oxygen atoms in total. The van der Waals surface area contributed by atoms with E-state index < -0.39 is 0 Å². The number of benzene rings is 2. The third-order valence-electron chi connectivity index (χ3n) is 5.71. The Kier molecular flexibility index (Phi) is 8.41. The van der Waals surface area contributed by atoms with Crippen LogP contribution in [0.3, 0.4) is 0 Å². The maximum absolute atomic E-state index is 5.54. The van der Waals surface area contributed by atoms with Crippen LogP contribution in [0.15, 0.2) is 47.5 Å². The highest BCUT2D eigenvalue weighted by Gasteiger charge is 2.24. The molecule has 0 aliphatic carbocycles.